The maximum absolute atomic E-state index is 12.9. The zero-order chi connectivity index (χ0) is 19.0. The summed E-state index contributed by atoms with van der Waals surface area (Å²) in [6, 6.07) is 9.41. The Kier molecular flexibility index (Phi) is 4.51. The van der Waals surface area contributed by atoms with E-state index in [0.717, 1.165) is 24.3 Å². The fraction of sp³-hybridized carbons (Fsp3) is 0.368. The summed E-state index contributed by atoms with van der Waals surface area (Å²) in [6.07, 6.45) is 5.65. The lowest BCUT2D eigenvalue weighted by Gasteiger charge is -2.35. The molecule has 1 fully saturated rings. The minimum absolute atomic E-state index is 0.0108. The van der Waals surface area contributed by atoms with Gasteiger partial charge in [-0.15, -0.1) is 0 Å². The second kappa shape index (κ2) is 6.84. The molecule has 1 aromatic heterocycles. The van der Waals surface area contributed by atoms with E-state index in [-0.39, 0.29) is 5.91 Å². The Balaban J connectivity index is 1.45. The van der Waals surface area contributed by atoms with Gasteiger partial charge in [0.05, 0.1) is 11.9 Å². The van der Waals surface area contributed by atoms with Crippen molar-refractivity contribution in [3.63, 3.8) is 0 Å². The highest BCUT2D eigenvalue weighted by atomic mass is 32.2. The average Bonchev–Trinajstić information content (AvgIpc) is 3.12. The normalized spacial score (nSPS) is 17.1. The minimum atomic E-state index is -3.27. The molecule has 2 aliphatic rings. The maximum Gasteiger partial charge on any atom is 0.253 e. The Hall–Kier alpha value is -2.61. The van der Waals surface area contributed by atoms with Crippen LogP contribution in [-0.2, 0) is 16.4 Å². The standard InChI is InChI=1S/C19H22N4O3S/c1-27(25,26)23-9-6-15-14-16(2-3-18(15)23)19(24)22-12-10-21(11-13-22)17-4-7-20-8-5-17/h2-5,7-8,14H,6,9-13H2,1H3/p+1. The van der Waals surface area contributed by atoms with E-state index in [2.05, 4.69) is 9.88 Å². The quantitative estimate of drug-likeness (QED) is 0.780. The van der Waals surface area contributed by atoms with Gasteiger partial charge in [-0.2, -0.15) is 0 Å². The number of pyridine rings is 1. The molecule has 142 valence electrons. The lowest BCUT2D eigenvalue weighted by atomic mass is 10.1. The smallest absolute Gasteiger partial charge is 0.253 e. The fourth-order valence-electron chi connectivity index (χ4n) is 3.79. The predicted molar refractivity (Wildman–Crippen MR) is 103 cm³/mol. The number of H-pyrrole nitrogens is 1. The highest BCUT2D eigenvalue weighted by Crippen LogP contribution is 2.31. The zero-order valence-corrected chi connectivity index (χ0v) is 16.1. The van der Waals surface area contributed by atoms with Crippen LogP contribution in [0.1, 0.15) is 15.9 Å². The summed E-state index contributed by atoms with van der Waals surface area (Å²) in [5, 5.41) is 0. The maximum atomic E-state index is 12.9. The molecule has 3 heterocycles. The van der Waals surface area contributed by atoms with Crippen LogP contribution in [0.2, 0.25) is 0 Å². The van der Waals surface area contributed by atoms with Crippen molar-refractivity contribution >= 4 is 27.3 Å². The van der Waals surface area contributed by atoms with Gasteiger partial charge in [0.25, 0.3) is 5.91 Å². The lowest BCUT2D eigenvalue weighted by Crippen LogP contribution is -2.48. The van der Waals surface area contributed by atoms with Crippen LogP contribution in [-0.4, -0.2) is 58.2 Å². The van der Waals surface area contributed by atoms with E-state index in [1.165, 1.54) is 10.6 Å². The SMILES string of the molecule is CS(=O)(=O)N1CCc2cc(C(=O)N3CCN(c4cc[nH+]cc4)CC3)ccc21. The molecule has 1 saturated heterocycles. The number of benzene rings is 1. The third-order valence-electron chi connectivity index (χ3n) is 5.21. The number of nitrogens with zero attached hydrogens (tertiary/aromatic N) is 3. The van der Waals surface area contributed by atoms with Gasteiger partial charge in [0.1, 0.15) is 0 Å². The predicted octanol–water partition coefficient (Wildman–Crippen LogP) is 0.785. The second-order valence-corrected chi connectivity index (χ2v) is 8.87. The molecule has 0 atom stereocenters. The Labute approximate surface area is 159 Å². The second-order valence-electron chi connectivity index (χ2n) is 6.97. The van der Waals surface area contributed by atoms with Crippen molar-refractivity contribution in [3.8, 4) is 0 Å². The summed E-state index contributed by atoms with van der Waals surface area (Å²) < 4.78 is 25.1. The van der Waals surface area contributed by atoms with Gasteiger partial charge < -0.3 is 9.80 Å². The number of amides is 1. The molecular formula is C19H23N4O3S+. The molecule has 8 heteroatoms. The monoisotopic (exact) mass is 387 g/mol. The number of hydrogen-bond donors (Lipinski definition) is 0. The van der Waals surface area contributed by atoms with Gasteiger partial charge in [0.15, 0.2) is 12.4 Å². The van der Waals surface area contributed by atoms with Gasteiger partial charge in [-0.05, 0) is 30.2 Å². The molecule has 0 radical (unpaired) electrons. The van der Waals surface area contributed by atoms with Crippen LogP contribution < -0.4 is 14.2 Å². The first-order chi connectivity index (χ1) is 12.9. The van der Waals surface area contributed by atoms with Crippen LogP contribution in [0, 0.1) is 0 Å². The van der Waals surface area contributed by atoms with Crippen LogP contribution >= 0.6 is 0 Å². The summed E-state index contributed by atoms with van der Waals surface area (Å²) in [7, 11) is -3.27. The number of sulfonamides is 1. The molecule has 7 nitrogen and oxygen atoms in total. The van der Waals surface area contributed by atoms with Crippen molar-refractivity contribution in [2.24, 2.45) is 0 Å². The highest BCUT2D eigenvalue weighted by molar-refractivity contribution is 7.92. The number of rotatable bonds is 3. The van der Waals surface area contributed by atoms with Crippen LogP contribution in [0.15, 0.2) is 42.7 Å². The van der Waals surface area contributed by atoms with Crippen LogP contribution in [0.4, 0.5) is 11.4 Å². The van der Waals surface area contributed by atoms with Crippen molar-refractivity contribution in [2.75, 3.05) is 48.2 Å². The molecule has 1 amide bonds. The van der Waals surface area contributed by atoms with Crippen LogP contribution in [0.3, 0.4) is 0 Å². The summed E-state index contributed by atoms with van der Waals surface area (Å²) in [4.78, 5) is 20.1. The van der Waals surface area contributed by atoms with Crippen LogP contribution in [0.25, 0.3) is 0 Å². The number of hydrogen-bond acceptors (Lipinski definition) is 4. The number of carbonyl (C=O) groups excluding carboxylic acids is 1. The van der Waals surface area contributed by atoms with E-state index >= 15 is 0 Å². The summed E-state index contributed by atoms with van der Waals surface area (Å²) >= 11 is 0. The molecule has 1 N–H and O–H groups in total. The van der Waals surface area contributed by atoms with Gasteiger partial charge in [-0.1, -0.05) is 0 Å². The largest absolute Gasteiger partial charge is 0.368 e. The molecule has 0 spiro atoms. The van der Waals surface area contributed by atoms with Gasteiger partial charge in [-0.25, -0.2) is 13.4 Å². The first kappa shape index (κ1) is 17.8. The van der Waals surface area contributed by atoms with E-state index in [1.54, 1.807) is 12.1 Å². The molecular weight excluding hydrogens is 364 g/mol. The molecule has 0 unspecified atom stereocenters. The molecule has 27 heavy (non-hydrogen) atoms. The van der Waals surface area contributed by atoms with E-state index < -0.39 is 10.0 Å². The summed E-state index contributed by atoms with van der Waals surface area (Å²) in [5.74, 6) is 0.0108. The number of aromatic amines is 1. The highest BCUT2D eigenvalue weighted by Gasteiger charge is 2.28. The van der Waals surface area contributed by atoms with Crippen molar-refractivity contribution < 1.29 is 18.2 Å². The van der Waals surface area contributed by atoms with Crippen LogP contribution in [0.5, 0.6) is 0 Å². The Morgan fingerprint density at radius 1 is 1.00 bits per heavy atom. The Bertz CT molecular complexity index is 954. The minimum Gasteiger partial charge on any atom is -0.368 e. The first-order valence-electron chi connectivity index (χ1n) is 9.04. The Morgan fingerprint density at radius 2 is 1.70 bits per heavy atom. The molecule has 4 rings (SSSR count). The number of fused-ring (bicyclic) bond motifs is 1. The van der Waals surface area contributed by atoms with E-state index in [4.69, 9.17) is 0 Å². The third-order valence-corrected chi connectivity index (χ3v) is 6.39. The summed E-state index contributed by atoms with van der Waals surface area (Å²) in [6.45, 7) is 3.37. The average molecular weight is 387 g/mol. The van der Waals surface area contributed by atoms with Gasteiger partial charge in [-0.3, -0.25) is 9.10 Å². The molecule has 0 bridgehead atoms. The van der Waals surface area contributed by atoms with Gasteiger partial charge in [0, 0.05) is 56.1 Å². The van der Waals surface area contributed by atoms with Gasteiger partial charge >= 0.3 is 0 Å². The van der Waals surface area contributed by atoms with E-state index in [1.807, 2.05) is 35.5 Å². The fourth-order valence-corrected chi connectivity index (χ4v) is 4.75. The molecule has 1 aromatic carbocycles. The van der Waals surface area contributed by atoms with Crippen molar-refractivity contribution in [3.05, 3.63) is 53.9 Å². The number of nitrogens with one attached hydrogen (secondary N) is 1. The number of aromatic nitrogens is 1. The zero-order valence-electron chi connectivity index (χ0n) is 15.3. The number of carbonyl (C=O) groups is 1. The molecule has 0 saturated carbocycles. The summed E-state index contributed by atoms with van der Waals surface area (Å²) in [5.41, 5.74) is 3.40. The van der Waals surface area contributed by atoms with Crippen molar-refractivity contribution in [1.82, 2.24) is 4.90 Å². The molecule has 0 aliphatic carbocycles. The Morgan fingerprint density at radius 3 is 2.37 bits per heavy atom. The van der Waals surface area contributed by atoms with Gasteiger partial charge in [0.2, 0.25) is 10.0 Å². The molecule has 2 aliphatic heterocycles. The first-order valence-corrected chi connectivity index (χ1v) is 10.9. The van der Waals surface area contributed by atoms with Crippen molar-refractivity contribution in [1.29, 1.82) is 0 Å². The number of anilines is 2. The molecule has 2 aromatic rings. The van der Waals surface area contributed by atoms with E-state index in [0.29, 0.717) is 37.3 Å². The third kappa shape index (κ3) is 3.49. The van der Waals surface area contributed by atoms with E-state index in [9.17, 15) is 13.2 Å². The number of piperazine rings is 1. The van der Waals surface area contributed by atoms with Crippen molar-refractivity contribution in [2.45, 2.75) is 6.42 Å². The topological polar surface area (TPSA) is 75.1 Å². The lowest BCUT2D eigenvalue weighted by molar-refractivity contribution is -0.377.